The number of amides is 1. The van der Waals surface area contributed by atoms with Gasteiger partial charge in [-0.3, -0.25) is 4.79 Å². The van der Waals surface area contributed by atoms with E-state index in [1.807, 2.05) is 31.2 Å². The fourth-order valence-electron chi connectivity index (χ4n) is 1.53. The molecule has 3 heteroatoms. The van der Waals surface area contributed by atoms with E-state index in [1.54, 1.807) is 4.90 Å². The molecule has 0 fully saturated rings. The molecule has 0 aliphatic rings. The number of aliphatic hydroxyl groups is 1. The minimum atomic E-state index is -0.440. The summed E-state index contributed by atoms with van der Waals surface area (Å²) >= 11 is 0. The first-order valence-corrected chi connectivity index (χ1v) is 5.23. The normalized spacial score (nSPS) is 10.1. The van der Waals surface area contributed by atoms with Gasteiger partial charge in [0.2, 0.25) is 0 Å². The SMILES string of the molecule is CCc1cccc(N(CC)C(=O)CO)c1. The van der Waals surface area contributed by atoms with E-state index in [0.29, 0.717) is 6.54 Å². The van der Waals surface area contributed by atoms with Crippen molar-refractivity contribution in [3.63, 3.8) is 0 Å². The molecule has 0 unspecified atom stereocenters. The van der Waals surface area contributed by atoms with E-state index in [1.165, 1.54) is 5.56 Å². The molecule has 0 atom stereocenters. The lowest BCUT2D eigenvalue weighted by molar-refractivity contribution is -0.121. The Morgan fingerprint density at radius 3 is 2.67 bits per heavy atom. The number of hydrogen-bond donors (Lipinski definition) is 1. The third kappa shape index (κ3) is 2.80. The first-order chi connectivity index (χ1) is 7.22. The molecule has 1 N–H and O–H groups in total. The first-order valence-electron chi connectivity index (χ1n) is 5.23. The lowest BCUT2D eigenvalue weighted by Crippen LogP contribution is -2.32. The number of carbonyl (C=O) groups excluding carboxylic acids is 1. The van der Waals surface area contributed by atoms with Gasteiger partial charge in [-0.15, -0.1) is 0 Å². The van der Waals surface area contributed by atoms with Crippen LogP contribution in [0.1, 0.15) is 19.4 Å². The van der Waals surface area contributed by atoms with Gasteiger partial charge in [0.25, 0.3) is 5.91 Å². The third-order valence-electron chi connectivity index (χ3n) is 2.38. The van der Waals surface area contributed by atoms with Gasteiger partial charge >= 0.3 is 0 Å². The van der Waals surface area contributed by atoms with Gasteiger partial charge in [0.15, 0.2) is 0 Å². The summed E-state index contributed by atoms with van der Waals surface area (Å²) in [5.74, 6) is -0.259. The van der Waals surface area contributed by atoms with Crippen LogP contribution in [0.2, 0.25) is 0 Å². The van der Waals surface area contributed by atoms with Crippen LogP contribution in [-0.4, -0.2) is 24.2 Å². The number of nitrogens with zero attached hydrogens (tertiary/aromatic N) is 1. The van der Waals surface area contributed by atoms with Crippen LogP contribution in [0.25, 0.3) is 0 Å². The van der Waals surface area contributed by atoms with Crippen molar-refractivity contribution in [3.8, 4) is 0 Å². The van der Waals surface area contributed by atoms with Crippen LogP contribution < -0.4 is 4.90 Å². The highest BCUT2D eigenvalue weighted by molar-refractivity contribution is 5.94. The second kappa shape index (κ2) is 5.51. The molecule has 0 aromatic heterocycles. The van der Waals surface area contributed by atoms with Gasteiger partial charge in [-0.2, -0.15) is 0 Å². The summed E-state index contributed by atoms with van der Waals surface area (Å²) in [6, 6.07) is 7.83. The van der Waals surface area contributed by atoms with Gasteiger partial charge in [0.05, 0.1) is 0 Å². The fourth-order valence-corrected chi connectivity index (χ4v) is 1.53. The van der Waals surface area contributed by atoms with E-state index >= 15 is 0 Å². The lowest BCUT2D eigenvalue weighted by Gasteiger charge is -2.20. The molecule has 0 heterocycles. The maximum Gasteiger partial charge on any atom is 0.252 e. The minimum Gasteiger partial charge on any atom is -0.387 e. The number of rotatable bonds is 4. The van der Waals surface area contributed by atoms with Crippen LogP contribution in [0.15, 0.2) is 24.3 Å². The van der Waals surface area contributed by atoms with E-state index in [0.717, 1.165) is 12.1 Å². The average Bonchev–Trinajstić information content (AvgIpc) is 2.30. The van der Waals surface area contributed by atoms with Crippen molar-refractivity contribution in [1.82, 2.24) is 0 Å². The number of anilines is 1. The van der Waals surface area contributed by atoms with Crippen molar-refractivity contribution in [2.75, 3.05) is 18.1 Å². The largest absolute Gasteiger partial charge is 0.387 e. The van der Waals surface area contributed by atoms with Crippen LogP contribution in [0.4, 0.5) is 5.69 Å². The zero-order chi connectivity index (χ0) is 11.3. The predicted octanol–water partition coefficient (Wildman–Crippen LogP) is 1.59. The first kappa shape index (κ1) is 11.7. The molecule has 0 aliphatic heterocycles. The molecule has 0 bridgehead atoms. The zero-order valence-corrected chi connectivity index (χ0v) is 9.23. The van der Waals surface area contributed by atoms with Crippen molar-refractivity contribution >= 4 is 11.6 Å². The van der Waals surface area contributed by atoms with Crippen molar-refractivity contribution in [2.45, 2.75) is 20.3 Å². The number of aryl methyl sites for hydroxylation is 1. The van der Waals surface area contributed by atoms with Crippen LogP contribution in [0.5, 0.6) is 0 Å². The number of carbonyl (C=O) groups is 1. The van der Waals surface area contributed by atoms with Gasteiger partial charge in [-0.1, -0.05) is 19.1 Å². The standard InChI is InChI=1S/C12H17NO2/c1-3-10-6-5-7-11(8-10)13(4-2)12(15)9-14/h5-8,14H,3-4,9H2,1-2H3. The minimum absolute atomic E-state index is 0.259. The van der Waals surface area contributed by atoms with Gasteiger partial charge < -0.3 is 10.0 Å². The summed E-state index contributed by atoms with van der Waals surface area (Å²) in [4.78, 5) is 13.0. The molecular formula is C12H17NO2. The Balaban J connectivity index is 2.96. The summed E-state index contributed by atoms with van der Waals surface area (Å²) in [5, 5.41) is 8.83. The van der Waals surface area contributed by atoms with Crippen LogP contribution in [0.3, 0.4) is 0 Å². The summed E-state index contributed by atoms with van der Waals surface area (Å²) in [5.41, 5.74) is 2.05. The summed E-state index contributed by atoms with van der Waals surface area (Å²) in [6.07, 6.45) is 0.943. The quantitative estimate of drug-likeness (QED) is 0.814. The highest BCUT2D eigenvalue weighted by Gasteiger charge is 2.12. The van der Waals surface area contributed by atoms with E-state index in [9.17, 15) is 4.79 Å². The van der Waals surface area contributed by atoms with E-state index in [-0.39, 0.29) is 5.91 Å². The van der Waals surface area contributed by atoms with E-state index in [2.05, 4.69) is 6.92 Å². The van der Waals surface area contributed by atoms with Crippen molar-refractivity contribution < 1.29 is 9.90 Å². The fraction of sp³-hybridized carbons (Fsp3) is 0.417. The van der Waals surface area contributed by atoms with Crippen LogP contribution >= 0.6 is 0 Å². The zero-order valence-electron chi connectivity index (χ0n) is 9.23. The van der Waals surface area contributed by atoms with E-state index in [4.69, 9.17) is 5.11 Å². The second-order valence-corrected chi connectivity index (χ2v) is 3.32. The molecular weight excluding hydrogens is 190 g/mol. The molecule has 0 saturated carbocycles. The predicted molar refractivity (Wildman–Crippen MR) is 60.9 cm³/mol. The second-order valence-electron chi connectivity index (χ2n) is 3.32. The highest BCUT2D eigenvalue weighted by Crippen LogP contribution is 2.16. The topological polar surface area (TPSA) is 40.5 Å². The van der Waals surface area contributed by atoms with Crippen LogP contribution in [-0.2, 0) is 11.2 Å². The molecule has 82 valence electrons. The van der Waals surface area contributed by atoms with E-state index < -0.39 is 6.61 Å². The Kier molecular flexibility index (Phi) is 4.31. The third-order valence-corrected chi connectivity index (χ3v) is 2.38. The molecule has 1 rings (SSSR count). The molecule has 1 aromatic carbocycles. The Hall–Kier alpha value is -1.35. The number of likely N-dealkylation sites (N-methyl/N-ethyl adjacent to an activating group) is 1. The number of aliphatic hydroxyl groups excluding tert-OH is 1. The van der Waals surface area contributed by atoms with Gasteiger partial charge in [0, 0.05) is 12.2 Å². The molecule has 0 saturated heterocycles. The highest BCUT2D eigenvalue weighted by atomic mass is 16.3. The molecule has 1 amide bonds. The molecule has 1 aromatic rings. The molecule has 15 heavy (non-hydrogen) atoms. The maximum absolute atomic E-state index is 11.4. The molecule has 0 aliphatic carbocycles. The van der Waals surface area contributed by atoms with Gasteiger partial charge in [0.1, 0.15) is 6.61 Å². The Morgan fingerprint density at radius 1 is 1.40 bits per heavy atom. The summed E-state index contributed by atoms with van der Waals surface area (Å²) in [7, 11) is 0. The Labute approximate surface area is 90.3 Å². The van der Waals surface area contributed by atoms with Gasteiger partial charge in [-0.25, -0.2) is 0 Å². The Bertz CT molecular complexity index is 336. The lowest BCUT2D eigenvalue weighted by atomic mass is 10.1. The molecule has 3 nitrogen and oxygen atoms in total. The summed E-state index contributed by atoms with van der Waals surface area (Å²) < 4.78 is 0. The van der Waals surface area contributed by atoms with Crippen molar-refractivity contribution in [2.24, 2.45) is 0 Å². The number of benzene rings is 1. The van der Waals surface area contributed by atoms with Gasteiger partial charge in [-0.05, 0) is 31.0 Å². The van der Waals surface area contributed by atoms with Crippen molar-refractivity contribution in [1.29, 1.82) is 0 Å². The number of hydrogen-bond acceptors (Lipinski definition) is 2. The molecule has 0 radical (unpaired) electrons. The van der Waals surface area contributed by atoms with Crippen LogP contribution in [0, 0.1) is 0 Å². The maximum atomic E-state index is 11.4. The molecule has 0 spiro atoms. The summed E-state index contributed by atoms with van der Waals surface area (Å²) in [6.45, 7) is 4.10. The smallest absolute Gasteiger partial charge is 0.252 e. The average molecular weight is 207 g/mol. The Morgan fingerprint density at radius 2 is 2.13 bits per heavy atom. The monoisotopic (exact) mass is 207 g/mol. The van der Waals surface area contributed by atoms with Crippen molar-refractivity contribution in [3.05, 3.63) is 29.8 Å².